The minimum absolute atomic E-state index is 0.146. The van der Waals surface area contributed by atoms with E-state index in [0.29, 0.717) is 24.3 Å². The second-order valence-corrected chi connectivity index (χ2v) is 6.74. The van der Waals surface area contributed by atoms with Gasteiger partial charge < -0.3 is 10.6 Å². The summed E-state index contributed by atoms with van der Waals surface area (Å²) in [5.41, 5.74) is -3.46. The molecule has 0 spiro atoms. The molecule has 2 amide bonds. The van der Waals surface area contributed by atoms with E-state index in [-0.39, 0.29) is 11.3 Å². The first-order valence-electron chi connectivity index (χ1n) is 9.07. The Morgan fingerprint density at radius 1 is 0.848 bits per heavy atom. The quantitative estimate of drug-likeness (QED) is 0.435. The molecule has 1 heterocycles. The molecule has 0 aliphatic rings. The van der Waals surface area contributed by atoms with Crippen molar-refractivity contribution in [2.24, 2.45) is 0 Å². The second kappa shape index (κ2) is 9.04. The number of carbonyl (C=O) groups excluding carboxylic acids is 1. The van der Waals surface area contributed by atoms with Gasteiger partial charge in [0.1, 0.15) is 11.6 Å². The second-order valence-electron chi connectivity index (χ2n) is 6.74. The molecule has 1 unspecified atom stereocenters. The van der Waals surface area contributed by atoms with Crippen molar-refractivity contribution in [2.75, 3.05) is 5.32 Å². The summed E-state index contributed by atoms with van der Waals surface area (Å²) >= 11 is 0. The predicted octanol–water partition coefficient (Wildman–Crippen LogP) is 6.31. The average molecular weight is 475 g/mol. The Labute approximate surface area is 181 Å². The highest BCUT2D eigenvalue weighted by Crippen LogP contribution is 2.36. The third-order valence-corrected chi connectivity index (χ3v) is 4.38. The SMILES string of the molecule is O=C(Nc1cc(F)cc(F)c1)NC(c1ccc(C(F)(F)F)cc1)c1ncccc1C(F)(F)F. The van der Waals surface area contributed by atoms with Crippen LogP contribution in [0.2, 0.25) is 0 Å². The van der Waals surface area contributed by atoms with E-state index in [2.05, 4.69) is 15.6 Å². The summed E-state index contributed by atoms with van der Waals surface area (Å²) in [6, 6.07) is 4.00. The number of urea groups is 1. The van der Waals surface area contributed by atoms with E-state index in [1.807, 2.05) is 0 Å². The summed E-state index contributed by atoms with van der Waals surface area (Å²) in [5, 5.41) is 4.24. The number of hydrogen-bond donors (Lipinski definition) is 2. The number of anilines is 1. The van der Waals surface area contributed by atoms with Crippen LogP contribution in [-0.4, -0.2) is 11.0 Å². The number of alkyl halides is 6. The van der Waals surface area contributed by atoms with Gasteiger partial charge in [-0.2, -0.15) is 26.3 Å². The number of benzene rings is 2. The van der Waals surface area contributed by atoms with Crippen molar-refractivity contribution in [1.29, 1.82) is 0 Å². The first kappa shape index (κ1) is 24.0. The third-order valence-electron chi connectivity index (χ3n) is 4.38. The van der Waals surface area contributed by atoms with Gasteiger partial charge in [-0.1, -0.05) is 12.1 Å². The third kappa shape index (κ3) is 5.96. The van der Waals surface area contributed by atoms with Crippen LogP contribution in [0.15, 0.2) is 60.8 Å². The Morgan fingerprint density at radius 2 is 1.45 bits per heavy atom. The first-order valence-corrected chi connectivity index (χ1v) is 9.07. The van der Waals surface area contributed by atoms with Gasteiger partial charge in [0, 0.05) is 18.0 Å². The van der Waals surface area contributed by atoms with Gasteiger partial charge in [-0.25, -0.2) is 13.6 Å². The lowest BCUT2D eigenvalue weighted by atomic mass is 9.98. The first-order chi connectivity index (χ1) is 15.3. The fourth-order valence-electron chi connectivity index (χ4n) is 2.99. The van der Waals surface area contributed by atoms with Gasteiger partial charge in [-0.3, -0.25) is 4.98 Å². The fraction of sp³-hybridized carbons (Fsp3) is 0.143. The number of hydrogen-bond acceptors (Lipinski definition) is 2. The van der Waals surface area contributed by atoms with Gasteiger partial charge >= 0.3 is 18.4 Å². The van der Waals surface area contributed by atoms with Crippen molar-refractivity contribution in [1.82, 2.24) is 10.3 Å². The number of amides is 2. The van der Waals surface area contributed by atoms with Gasteiger partial charge in [0.25, 0.3) is 0 Å². The normalized spacial score (nSPS) is 12.8. The zero-order valence-electron chi connectivity index (χ0n) is 16.2. The van der Waals surface area contributed by atoms with Crippen molar-refractivity contribution in [3.63, 3.8) is 0 Å². The van der Waals surface area contributed by atoms with Gasteiger partial charge in [-0.05, 0) is 42.0 Å². The molecule has 1 aromatic heterocycles. The molecule has 1 atom stereocenters. The number of aromatic nitrogens is 1. The molecule has 3 aromatic rings. The van der Waals surface area contributed by atoms with Crippen molar-refractivity contribution in [3.05, 3.63) is 94.8 Å². The van der Waals surface area contributed by atoms with Gasteiger partial charge in [0.05, 0.1) is 22.9 Å². The van der Waals surface area contributed by atoms with Gasteiger partial charge in [0.15, 0.2) is 0 Å². The summed E-state index contributed by atoms with van der Waals surface area (Å²) < 4.78 is 106. The van der Waals surface area contributed by atoms with Crippen molar-refractivity contribution in [2.45, 2.75) is 18.4 Å². The molecule has 2 aromatic carbocycles. The summed E-state index contributed by atoms with van der Waals surface area (Å²) in [5.74, 6) is -2.04. The highest BCUT2D eigenvalue weighted by molar-refractivity contribution is 5.89. The van der Waals surface area contributed by atoms with Crippen LogP contribution >= 0.6 is 0 Å². The molecule has 12 heteroatoms. The van der Waals surface area contributed by atoms with E-state index in [9.17, 15) is 39.9 Å². The molecule has 0 aliphatic heterocycles. The maximum absolute atomic E-state index is 13.5. The van der Waals surface area contributed by atoms with Crippen LogP contribution in [-0.2, 0) is 12.4 Å². The van der Waals surface area contributed by atoms with Crippen LogP contribution in [0.3, 0.4) is 0 Å². The molecule has 0 saturated carbocycles. The van der Waals surface area contributed by atoms with E-state index in [4.69, 9.17) is 0 Å². The van der Waals surface area contributed by atoms with Crippen LogP contribution in [0.1, 0.15) is 28.4 Å². The molecule has 174 valence electrons. The molecule has 0 radical (unpaired) electrons. The van der Waals surface area contributed by atoms with E-state index in [0.717, 1.165) is 36.5 Å². The molecule has 2 N–H and O–H groups in total. The average Bonchev–Trinajstić information content (AvgIpc) is 2.70. The summed E-state index contributed by atoms with van der Waals surface area (Å²) in [4.78, 5) is 16.1. The van der Waals surface area contributed by atoms with E-state index >= 15 is 0 Å². The topological polar surface area (TPSA) is 54.0 Å². The molecule has 4 nitrogen and oxygen atoms in total. The molecule has 0 aliphatic carbocycles. The van der Waals surface area contributed by atoms with Crippen LogP contribution < -0.4 is 10.6 Å². The van der Waals surface area contributed by atoms with Crippen molar-refractivity contribution < 1.29 is 39.9 Å². The monoisotopic (exact) mass is 475 g/mol. The predicted molar refractivity (Wildman–Crippen MR) is 101 cm³/mol. The number of nitrogens with zero attached hydrogens (tertiary/aromatic N) is 1. The zero-order valence-corrected chi connectivity index (χ0v) is 16.2. The minimum Gasteiger partial charge on any atom is -0.325 e. The highest BCUT2D eigenvalue weighted by Gasteiger charge is 2.37. The number of nitrogens with one attached hydrogen (secondary N) is 2. The summed E-state index contributed by atoms with van der Waals surface area (Å²) in [6.07, 6.45) is -8.57. The van der Waals surface area contributed by atoms with Crippen LogP contribution in [0.5, 0.6) is 0 Å². The van der Waals surface area contributed by atoms with E-state index in [1.165, 1.54) is 0 Å². The molecular formula is C21H13F8N3O. The lowest BCUT2D eigenvalue weighted by Crippen LogP contribution is -2.35. The standard InChI is InChI=1S/C21H13F8N3O/c22-13-8-14(23)10-15(9-13)31-19(33)32-17(11-3-5-12(6-4-11)20(24,25)26)18-16(21(27,28)29)2-1-7-30-18/h1-10,17H,(H2,31,32,33). The van der Waals surface area contributed by atoms with Crippen molar-refractivity contribution in [3.8, 4) is 0 Å². The number of rotatable bonds is 4. The van der Waals surface area contributed by atoms with E-state index < -0.39 is 52.9 Å². The van der Waals surface area contributed by atoms with Gasteiger partial charge in [-0.15, -0.1) is 0 Å². The summed E-state index contributed by atoms with van der Waals surface area (Å²) in [6.45, 7) is 0. The molecule has 0 bridgehead atoms. The van der Waals surface area contributed by atoms with Crippen molar-refractivity contribution >= 4 is 11.7 Å². The Hall–Kier alpha value is -3.70. The molecule has 0 saturated heterocycles. The number of carbonyl (C=O) groups is 1. The molecule has 33 heavy (non-hydrogen) atoms. The lowest BCUT2D eigenvalue weighted by Gasteiger charge is -2.23. The highest BCUT2D eigenvalue weighted by atomic mass is 19.4. The van der Waals surface area contributed by atoms with E-state index in [1.54, 1.807) is 0 Å². The Bertz CT molecular complexity index is 1120. The Morgan fingerprint density at radius 3 is 2.00 bits per heavy atom. The van der Waals surface area contributed by atoms with Crippen LogP contribution in [0, 0.1) is 11.6 Å². The number of halogens is 8. The zero-order chi connectivity index (χ0) is 24.4. The molecule has 3 rings (SSSR count). The molecule has 0 fully saturated rings. The fourth-order valence-corrected chi connectivity index (χ4v) is 2.99. The summed E-state index contributed by atoms with van der Waals surface area (Å²) in [7, 11) is 0. The maximum atomic E-state index is 13.5. The van der Waals surface area contributed by atoms with Gasteiger partial charge in [0.2, 0.25) is 0 Å². The number of pyridine rings is 1. The Kier molecular flexibility index (Phi) is 6.56. The van der Waals surface area contributed by atoms with Crippen LogP contribution in [0.25, 0.3) is 0 Å². The lowest BCUT2D eigenvalue weighted by molar-refractivity contribution is -0.139. The largest absolute Gasteiger partial charge is 0.418 e. The molecular weight excluding hydrogens is 462 g/mol. The maximum Gasteiger partial charge on any atom is 0.418 e. The Balaban J connectivity index is 2.00. The minimum atomic E-state index is -4.89. The smallest absolute Gasteiger partial charge is 0.325 e. The van der Waals surface area contributed by atoms with Crippen LogP contribution in [0.4, 0.5) is 45.6 Å².